The zero-order chi connectivity index (χ0) is 44.6. The third kappa shape index (κ3) is 9.19. The molecular formula is C27H21BrF26O2. The average Bonchev–Trinajstić information content (AvgIpc) is 3.02. The Morgan fingerprint density at radius 3 is 0.875 bits per heavy atom. The lowest BCUT2D eigenvalue weighted by molar-refractivity contribution is -0.440. The van der Waals surface area contributed by atoms with Gasteiger partial charge in [0.15, 0.2) is 0 Å². The van der Waals surface area contributed by atoms with E-state index in [0.29, 0.717) is 0 Å². The van der Waals surface area contributed by atoms with E-state index in [1.54, 1.807) is 0 Å². The third-order valence-corrected chi connectivity index (χ3v) is 8.05. The van der Waals surface area contributed by atoms with Crippen molar-refractivity contribution >= 4 is 15.9 Å². The Hall–Kier alpha value is -2.52. The van der Waals surface area contributed by atoms with Gasteiger partial charge in [-0.1, -0.05) is 15.9 Å². The predicted octanol–water partition coefficient (Wildman–Crippen LogP) is 13.2. The number of halogens is 27. The van der Waals surface area contributed by atoms with E-state index >= 15 is 0 Å². The fraction of sp³-hybridized carbons (Fsp3) is 0.778. The summed E-state index contributed by atoms with van der Waals surface area (Å²) in [6, 6.07) is 3.08. The van der Waals surface area contributed by atoms with Crippen molar-refractivity contribution < 1.29 is 124 Å². The van der Waals surface area contributed by atoms with Gasteiger partial charge in [-0.2, -0.15) is 114 Å². The minimum absolute atomic E-state index is 0.0956. The van der Waals surface area contributed by atoms with E-state index in [9.17, 15) is 114 Å². The summed E-state index contributed by atoms with van der Waals surface area (Å²) in [7, 11) is 0. The predicted molar refractivity (Wildman–Crippen MR) is 139 cm³/mol. The quantitative estimate of drug-likeness (QED) is 0.0694. The smallest absolute Gasteiger partial charge is 0.460 e. The van der Waals surface area contributed by atoms with Crippen LogP contribution in [0.2, 0.25) is 0 Å². The number of unbranched alkanes of at least 4 members (excludes halogenated alkanes) is 2. The van der Waals surface area contributed by atoms with Crippen LogP contribution in [0.5, 0.6) is 11.5 Å². The maximum atomic E-state index is 13.9. The first-order chi connectivity index (χ1) is 24.6. The highest BCUT2D eigenvalue weighted by atomic mass is 79.9. The number of benzene rings is 1. The highest BCUT2D eigenvalue weighted by Crippen LogP contribution is 2.62. The van der Waals surface area contributed by atoms with Gasteiger partial charge in [-0.25, -0.2) is 0 Å². The number of ether oxygens (including phenoxy) is 2. The highest BCUT2D eigenvalue weighted by molar-refractivity contribution is 9.08. The first-order valence-corrected chi connectivity index (χ1v) is 15.6. The zero-order valence-corrected chi connectivity index (χ0v) is 28.2. The molecule has 0 atom stereocenters. The first kappa shape index (κ1) is 51.5. The van der Waals surface area contributed by atoms with E-state index in [4.69, 9.17) is 9.47 Å². The average molecular weight is 951 g/mol. The minimum Gasteiger partial charge on any atom is -0.493 e. The molecule has 0 unspecified atom stereocenters. The van der Waals surface area contributed by atoms with Crippen molar-refractivity contribution in [3.05, 3.63) is 23.8 Å². The molecule has 330 valence electrons. The summed E-state index contributed by atoms with van der Waals surface area (Å²) in [6.45, 7) is -1.68. The van der Waals surface area contributed by atoms with E-state index in [1.807, 2.05) is 0 Å². The van der Waals surface area contributed by atoms with Crippen LogP contribution in [0.25, 0.3) is 0 Å². The van der Waals surface area contributed by atoms with E-state index in [2.05, 4.69) is 15.9 Å². The third-order valence-electron chi connectivity index (χ3n) is 7.40. The Bertz CT molecular complexity index is 1350. The van der Waals surface area contributed by atoms with E-state index in [-0.39, 0.29) is 22.4 Å². The second-order valence-electron chi connectivity index (χ2n) is 11.6. The molecule has 0 aliphatic carbocycles. The summed E-state index contributed by atoms with van der Waals surface area (Å²) in [5, 5.41) is -0.0956. The monoisotopic (exact) mass is 950 g/mol. The van der Waals surface area contributed by atoms with Gasteiger partial charge < -0.3 is 9.47 Å². The highest BCUT2D eigenvalue weighted by Gasteiger charge is 2.92. The summed E-state index contributed by atoms with van der Waals surface area (Å²) in [5.74, 6) is -76.2. The van der Waals surface area contributed by atoms with Crippen molar-refractivity contribution in [2.75, 3.05) is 13.2 Å². The molecule has 1 aromatic rings. The summed E-state index contributed by atoms with van der Waals surface area (Å²) in [4.78, 5) is 0. The van der Waals surface area contributed by atoms with E-state index < -0.39 is 123 Å². The second kappa shape index (κ2) is 16.3. The van der Waals surface area contributed by atoms with Gasteiger partial charge in [0.25, 0.3) is 0 Å². The van der Waals surface area contributed by atoms with Crippen LogP contribution in [0.15, 0.2) is 18.2 Å². The molecule has 0 aliphatic heterocycles. The maximum absolute atomic E-state index is 13.9. The summed E-state index contributed by atoms with van der Waals surface area (Å²) < 4.78 is 354. The molecule has 56 heavy (non-hydrogen) atoms. The summed E-state index contributed by atoms with van der Waals surface area (Å²) >= 11 is 2.93. The molecule has 0 heterocycles. The second-order valence-corrected chi connectivity index (χ2v) is 12.1. The number of alkyl halides is 27. The molecule has 0 saturated heterocycles. The van der Waals surface area contributed by atoms with Gasteiger partial charge in [0.2, 0.25) is 0 Å². The van der Waals surface area contributed by atoms with Crippen LogP contribution in [0.3, 0.4) is 0 Å². The Morgan fingerprint density at radius 1 is 0.357 bits per heavy atom. The lowest BCUT2D eigenvalue weighted by atomic mass is 9.92. The normalized spacial score (nSPS) is 15.3. The Morgan fingerprint density at radius 2 is 0.625 bits per heavy atom. The van der Waals surface area contributed by atoms with E-state index in [0.717, 1.165) is 18.2 Å². The van der Waals surface area contributed by atoms with Crippen molar-refractivity contribution in [1.82, 2.24) is 0 Å². The van der Waals surface area contributed by atoms with Gasteiger partial charge in [-0.05, 0) is 43.4 Å². The molecule has 0 fully saturated rings. The molecule has 29 heteroatoms. The molecule has 1 rings (SSSR count). The van der Waals surface area contributed by atoms with Crippen molar-refractivity contribution in [2.24, 2.45) is 0 Å². The molecule has 0 aromatic heterocycles. The van der Waals surface area contributed by atoms with Crippen LogP contribution >= 0.6 is 15.9 Å². The number of hydrogen-bond donors (Lipinski definition) is 0. The van der Waals surface area contributed by atoms with Crippen LogP contribution < -0.4 is 9.47 Å². The molecule has 0 bridgehead atoms. The molecule has 0 N–H and O–H groups in total. The Labute approximate surface area is 303 Å². The van der Waals surface area contributed by atoms with Gasteiger partial charge in [-0.15, -0.1) is 0 Å². The number of hydrogen-bond acceptors (Lipinski definition) is 2. The van der Waals surface area contributed by atoms with E-state index in [1.165, 1.54) is 0 Å². The van der Waals surface area contributed by atoms with Crippen LogP contribution in [0.1, 0.15) is 44.1 Å². The van der Waals surface area contributed by atoms with Gasteiger partial charge in [0.05, 0.1) is 13.2 Å². The molecule has 0 saturated carbocycles. The SMILES string of the molecule is FC(F)(F)C(F)(F)C(F)(F)C(F)(F)C(F)(F)C(F)(F)CCCCOc1cc(CBr)cc(OCCCCC(F)(F)C(F)(F)C(F)(F)C(F)(F)C(F)(F)C(F)(F)F)c1. The maximum Gasteiger partial charge on any atom is 0.460 e. The van der Waals surface area contributed by atoms with Gasteiger partial charge in [-0.3, -0.25) is 0 Å². The fourth-order valence-electron chi connectivity index (χ4n) is 4.07. The van der Waals surface area contributed by atoms with Crippen LogP contribution in [0, 0.1) is 0 Å². The number of rotatable bonds is 21. The van der Waals surface area contributed by atoms with Crippen molar-refractivity contribution in [1.29, 1.82) is 0 Å². The Kier molecular flexibility index (Phi) is 15.0. The molecule has 0 amide bonds. The lowest BCUT2D eigenvalue weighted by Crippen LogP contribution is -2.70. The molecule has 2 nitrogen and oxygen atoms in total. The largest absolute Gasteiger partial charge is 0.493 e. The fourth-order valence-corrected chi connectivity index (χ4v) is 4.39. The molecule has 0 aliphatic rings. The zero-order valence-electron chi connectivity index (χ0n) is 26.6. The van der Waals surface area contributed by atoms with Crippen LogP contribution in [-0.4, -0.2) is 84.8 Å². The van der Waals surface area contributed by atoms with Gasteiger partial charge >= 0.3 is 71.6 Å². The lowest BCUT2D eigenvalue weighted by Gasteiger charge is -2.39. The van der Waals surface area contributed by atoms with Crippen molar-refractivity contribution in [2.45, 2.75) is 115 Å². The van der Waals surface area contributed by atoms with Crippen LogP contribution in [-0.2, 0) is 5.33 Å². The molecule has 0 radical (unpaired) electrons. The minimum atomic E-state index is -8.07. The molecule has 0 spiro atoms. The molecule has 1 aromatic carbocycles. The standard InChI is InChI=1S/C27H21BrF26O2/c28-12-13-9-14(55-7-3-1-5-16(29,30)18(33,34)20(37,38)22(41,42)24(45,46)26(49,50)51)11-15(10-13)56-8-4-2-6-17(31,32)19(35,36)21(39,40)23(43,44)25(47,48)27(52,53)54/h9-11H,1-8,12H2. The summed E-state index contributed by atoms with van der Waals surface area (Å²) in [6.07, 6.45) is -24.6. The molecular weight excluding hydrogens is 930 g/mol. The van der Waals surface area contributed by atoms with Crippen molar-refractivity contribution in [3.63, 3.8) is 0 Å². The summed E-state index contributed by atoms with van der Waals surface area (Å²) in [5.41, 5.74) is 0.160. The Balaban J connectivity index is 2.89. The van der Waals surface area contributed by atoms with Crippen molar-refractivity contribution in [3.8, 4) is 11.5 Å². The van der Waals surface area contributed by atoms with Crippen LogP contribution in [0.4, 0.5) is 114 Å². The topological polar surface area (TPSA) is 18.5 Å². The first-order valence-electron chi connectivity index (χ1n) is 14.5. The van der Waals surface area contributed by atoms with Gasteiger partial charge in [0.1, 0.15) is 11.5 Å². The van der Waals surface area contributed by atoms with Gasteiger partial charge in [0, 0.05) is 24.2 Å².